The van der Waals surface area contributed by atoms with Crippen molar-refractivity contribution in [3.05, 3.63) is 34.9 Å². The van der Waals surface area contributed by atoms with E-state index < -0.39 is 11.9 Å². The summed E-state index contributed by atoms with van der Waals surface area (Å²) in [6, 6.07) is 1.09. The summed E-state index contributed by atoms with van der Waals surface area (Å²) in [6.45, 7) is 4.59. The summed E-state index contributed by atoms with van der Waals surface area (Å²) < 4.78 is 41.1. The number of hydrogen-bond donors (Lipinski definition) is 1. The summed E-state index contributed by atoms with van der Waals surface area (Å²) in [6.07, 6.45) is -2.63. The van der Waals surface area contributed by atoms with Crippen molar-refractivity contribution in [1.82, 2.24) is 24.9 Å². The predicted octanol–water partition coefficient (Wildman–Crippen LogP) is 2.25. The van der Waals surface area contributed by atoms with E-state index in [-0.39, 0.29) is 13.1 Å². The molecule has 5 nitrogen and oxygen atoms in total. The molecule has 0 saturated carbocycles. The van der Waals surface area contributed by atoms with Crippen molar-refractivity contribution in [1.29, 1.82) is 0 Å². The molecule has 0 fully saturated rings. The monoisotopic (exact) mass is 301 g/mol. The molecule has 0 atom stereocenters. The van der Waals surface area contributed by atoms with E-state index in [0.29, 0.717) is 12.2 Å². The molecule has 0 saturated heterocycles. The highest BCUT2D eigenvalue weighted by Gasteiger charge is 2.35. The summed E-state index contributed by atoms with van der Waals surface area (Å²) in [7, 11) is 1.84. The van der Waals surface area contributed by atoms with E-state index in [1.807, 2.05) is 14.0 Å². The third kappa shape index (κ3) is 3.44. The van der Waals surface area contributed by atoms with Gasteiger partial charge in [-0.15, -0.1) is 0 Å². The van der Waals surface area contributed by atoms with Gasteiger partial charge in [0, 0.05) is 37.9 Å². The van der Waals surface area contributed by atoms with E-state index >= 15 is 0 Å². The summed E-state index contributed by atoms with van der Waals surface area (Å²) in [5, 5.41) is 11.2. The average Bonchev–Trinajstić information content (AvgIpc) is 2.96. The maximum absolute atomic E-state index is 12.8. The molecule has 1 N–H and O–H groups in total. The normalized spacial score (nSPS) is 12.1. The Morgan fingerprint density at radius 1 is 1.29 bits per heavy atom. The third-order valence-corrected chi connectivity index (χ3v) is 3.38. The fourth-order valence-corrected chi connectivity index (χ4v) is 2.07. The maximum Gasteiger partial charge on any atom is 0.433 e. The van der Waals surface area contributed by atoms with Crippen LogP contribution in [-0.4, -0.2) is 19.6 Å². The van der Waals surface area contributed by atoms with Crippen LogP contribution in [0.5, 0.6) is 0 Å². The highest BCUT2D eigenvalue weighted by molar-refractivity contribution is 5.16. The molecule has 0 aliphatic heterocycles. The molecule has 21 heavy (non-hydrogen) atoms. The van der Waals surface area contributed by atoms with Gasteiger partial charge in [-0.05, 0) is 19.9 Å². The van der Waals surface area contributed by atoms with Gasteiger partial charge in [0.25, 0.3) is 0 Å². The molecule has 0 bridgehead atoms. The highest BCUT2D eigenvalue weighted by atomic mass is 19.4. The van der Waals surface area contributed by atoms with Crippen molar-refractivity contribution in [2.45, 2.75) is 39.7 Å². The number of rotatable bonds is 5. The lowest BCUT2D eigenvalue weighted by molar-refractivity contribution is -0.144. The topological polar surface area (TPSA) is 47.7 Å². The van der Waals surface area contributed by atoms with Gasteiger partial charge in [0.1, 0.15) is 5.69 Å². The Bertz CT molecular complexity index is 612. The zero-order chi connectivity index (χ0) is 15.6. The van der Waals surface area contributed by atoms with Crippen LogP contribution in [0.3, 0.4) is 0 Å². The van der Waals surface area contributed by atoms with Crippen LogP contribution in [0.25, 0.3) is 0 Å². The molecule has 0 aromatic carbocycles. The van der Waals surface area contributed by atoms with Crippen LogP contribution in [0.4, 0.5) is 13.2 Å². The van der Waals surface area contributed by atoms with Gasteiger partial charge >= 0.3 is 6.18 Å². The smallest absolute Gasteiger partial charge is 0.307 e. The second kappa shape index (κ2) is 5.88. The zero-order valence-corrected chi connectivity index (χ0v) is 12.2. The Morgan fingerprint density at radius 2 is 2.00 bits per heavy atom. The molecule has 2 aromatic heterocycles. The Hall–Kier alpha value is -1.83. The van der Waals surface area contributed by atoms with Gasteiger partial charge in [-0.25, -0.2) is 0 Å². The maximum atomic E-state index is 12.8. The number of alkyl halides is 3. The molecule has 0 aliphatic carbocycles. The first-order valence-electron chi connectivity index (χ1n) is 6.65. The first-order chi connectivity index (χ1) is 9.82. The van der Waals surface area contributed by atoms with Gasteiger partial charge < -0.3 is 5.32 Å². The standard InChI is InChI=1S/C13H18F3N5/c1-4-21-12(13(14,15)16)5-11(19-21)8-17-6-10-7-18-20(3)9(10)2/h5,7,17H,4,6,8H2,1-3H3. The van der Waals surface area contributed by atoms with E-state index in [1.54, 1.807) is 17.8 Å². The minimum absolute atomic E-state index is 0.191. The van der Waals surface area contributed by atoms with Gasteiger partial charge in [0.15, 0.2) is 0 Å². The average molecular weight is 301 g/mol. The second-order valence-electron chi connectivity index (χ2n) is 4.82. The van der Waals surface area contributed by atoms with Gasteiger partial charge in [-0.3, -0.25) is 9.36 Å². The van der Waals surface area contributed by atoms with Crippen LogP contribution >= 0.6 is 0 Å². The largest absolute Gasteiger partial charge is 0.433 e. The van der Waals surface area contributed by atoms with Gasteiger partial charge in [-0.2, -0.15) is 23.4 Å². The fourth-order valence-electron chi connectivity index (χ4n) is 2.07. The van der Waals surface area contributed by atoms with Crippen molar-refractivity contribution in [3.8, 4) is 0 Å². The van der Waals surface area contributed by atoms with Crippen molar-refractivity contribution in [2.24, 2.45) is 7.05 Å². The van der Waals surface area contributed by atoms with E-state index in [9.17, 15) is 13.2 Å². The molecule has 2 heterocycles. The SMILES string of the molecule is CCn1nc(CNCc2cnn(C)c2C)cc1C(F)(F)F. The lowest BCUT2D eigenvalue weighted by Crippen LogP contribution is -2.14. The predicted molar refractivity (Wildman–Crippen MR) is 71.4 cm³/mol. The quantitative estimate of drug-likeness (QED) is 0.921. The minimum atomic E-state index is -4.37. The van der Waals surface area contributed by atoms with Crippen LogP contribution in [0.15, 0.2) is 12.3 Å². The summed E-state index contributed by atoms with van der Waals surface area (Å²) in [4.78, 5) is 0. The van der Waals surface area contributed by atoms with Crippen molar-refractivity contribution >= 4 is 0 Å². The lowest BCUT2D eigenvalue weighted by atomic mass is 10.2. The van der Waals surface area contributed by atoms with E-state index in [2.05, 4.69) is 15.5 Å². The molecule has 0 unspecified atom stereocenters. The molecule has 2 aromatic rings. The molecule has 0 aliphatic rings. The summed E-state index contributed by atoms with van der Waals surface area (Å²) in [5.74, 6) is 0. The second-order valence-corrected chi connectivity index (χ2v) is 4.82. The number of nitrogens with one attached hydrogen (secondary N) is 1. The van der Waals surface area contributed by atoms with Crippen LogP contribution in [0.1, 0.15) is 29.6 Å². The zero-order valence-electron chi connectivity index (χ0n) is 12.2. The molecule has 2 rings (SSSR count). The van der Waals surface area contributed by atoms with Crippen molar-refractivity contribution in [3.63, 3.8) is 0 Å². The lowest BCUT2D eigenvalue weighted by Gasteiger charge is -2.07. The number of aryl methyl sites for hydroxylation is 2. The fraction of sp³-hybridized carbons (Fsp3) is 0.538. The molecule has 0 radical (unpaired) electrons. The Kier molecular flexibility index (Phi) is 4.36. The van der Waals surface area contributed by atoms with E-state index in [0.717, 1.165) is 22.0 Å². The first-order valence-corrected chi connectivity index (χ1v) is 6.65. The number of nitrogens with zero attached hydrogens (tertiary/aromatic N) is 4. The highest BCUT2D eigenvalue weighted by Crippen LogP contribution is 2.29. The van der Waals surface area contributed by atoms with E-state index in [1.165, 1.54) is 0 Å². The molecule has 0 amide bonds. The summed E-state index contributed by atoms with van der Waals surface area (Å²) in [5.41, 5.74) is 1.71. The molecular formula is C13H18F3N5. The number of aromatic nitrogens is 4. The van der Waals surface area contributed by atoms with Crippen LogP contribution in [-0.2, 0) is 32.9 Å². The van der Waals surface area contributed by atoms with Crippen LogP contribution < -0.4 is 5.32 Å². The van der Waals surface area contributed by atoms with E-state index in [4.69, 9.17) is 0 Å². The molecule has 8 heteroatoms. The Morgan fingerprint density at radius 3 is 2.48 bits per heavy atom. The van der Waals surface area contributed by atoms with Gasteiger partial charge in [-0.1, -0.05) is 0 Å². The minimum Gasteiger partial charge on any atom is -0.307 e. The van der Waals surface area contributed by atoms with Crippen molar-refractivity contribution in [2.75, 3.05) is 0 Å². The molecule has 0 spiro atoms. The van der Waals surface area contributed by atoms with Gasteiger partial charge in [0.2, 0.25) is 0 Å². The summed E-state index contributed by atoms with van der Waals surface area (Å²) >= 11 is 0. The molecular weight excluding hydrogens is 283 g/mol. The number of halogens is 3. The molecule has 116 valence electrons. The van der Waals surface area contributed by atoms with Crippen LogP contribution in [0.2, 0.25) is 0 Å². The van der Waals surface area contributed by atoms with Gasteiger partial charge in [0.05, 0.1) is 11.9 Å². The number of hydrogen-bond acceptors (Lipinski definition) is 3. The van der Waals surface area contributed by atoms with Crippen LogP contribution in [0, 0.1) is 6.92 Å². The van der Waals surface area contributed by atoms with Crippen molar-refractivity contribution < 1.29 is 13.2 Å². The third-order valence-electron chi connectivity index (χ3n) is 3.38. The first kappa shape index (κ1) is 15.6. The Labute approximate surface area is 120 Å². The Balaban J connectivity index is 2.01.